The number of carboxylic acid groups (broad SMARTS) is 1. The fourth-order valence-electron chi connectivity index (χ4n) is 8.02. The highest BCUT2D eigenvalue weighted by Gasteiger charge is 2.37. The Morgan fingerprint density at radius 3 is 1.83 bits per heavy atom. The summed E-state index contributed by atoms with van der Waals surface area (Å²) in [5.74, 6) is -8.66. The second kappa shape index (κ2) is 21.9. The van der Waals surface area contributed by atoms with Gasteiger partial charge in [0.05, 0.1) is 15.7 Å². The maximum absolute atomic E-state index is 13.3. The van der Waals surface area contributed by atoms with Crippen LogP contribution in [0.1, 0.15) is 41.6 Å². The standard InChI is InChI=1S/C40H47N5O21S5/c41-16-26-6-1-21(11-31(26)67(52,53)54)36(46)42-17-27-7-2-22(12-32(27)68(55,56)57)37(47)43-18-28-8-3-23(13-33(28)69(58,59)60)38(48)44-19-29-9-4-24(14-34(29)70(61,62)63)39(49)45-20-30-10-5-25(40(50)51)15-35(30)71(64,65)66/h1,3-6,8-10,12-14,22,27,29,31,34-35H,2,7,11,15-20,41H2,(H,42,46)(H,43,47)(H,44,48)(H,45,49)(H,50,51)(H,52,53,54)(H,55,56,57)(H,58,59,60)(H,61,62,63)(H,64,65,66). The number of nitrogens with one attached hydrogen (secondary N) is 4. The first-order valence-electron chi connectivity index (χ1n) is 20.7. The van der Waals surface area contributed by atoms with Crippen LogP contribution >= 0.6 is 0 Å². The lowest BCUT2D eigenvalue weighted by Gasteiger charge is -2.27. The Bertz CT molecular complexity index is 3210. The van der Waals surface area contributed by atoms with Crippen LogP contribution in [0.5, 0.6) is 0 Å². The molecule has 0 spiro atoms. The molecule has 0 bridgehead atoms. The molecule has 0 fully saturated rings. The Morgan fingerprint density at radius 2 is 1.24 bits per heavy atom. The zero-order valence-corrected chi connectivity index (χ0v) is 40.7. The molecule has 0 saturated heterocycles. The molecule has 0 aromatic heterocycles. The highest BCUT2D eigenvalue weighted by Crippen LogP contribution is 2.33. The van der Waals surface area contributed by atoms with E-state index in [1.807, 2.05) is 0 Å². The van der Waals surface area contributed by atoms with E-state index in [4.69, 9.17) is 5.73 Å². The van der Waals surface area contributed by atoms with Crippen molar-refractivity contribution in [3.63, 3.8) is 0 Å². The molecule has 12 N–H and O–H groups in total. The number of aliphatic carboxylic acids is 1. The summed E-state index contributed by atoms with van der Waals surface area (Å²) in [5.41, 5.74) is 4.18. The lowest BCUT2D eigenvalue weighted by Crippen LogP contribution is -2.39. The van der Waals surface area contributed by atoms with Crippen LogP contribution in [0.15, 0.2) is 104 Å². The Morgan fingerprint density at radius 1 is 0.634 bits per heavy atom. The van der Waals surface area contributed by atoms with Gasteiger partial charge in [-0.1, -0.05) is 54.7 Å². The molecule has 71 heavy (non-hydrogen) atoms. The van der Waals surface area contributed by atoms with Crippen LogP contribution in [0.2, 0.25) is 0 Å². The Kier molecular flexibility index (Phi) is 17.4. The van der Waals surface area contributed by atoms with E-state index in [-0.39, 0.29) is 52.8 Å². The van der Waals surface area contributed by atoms with E-state index in [1.54, 1.807) is 0 Å². The number of allylic oxidation sites excluding steroid dienone is 4. The summed E-state index contributed by atoms with van der Waals surface area (Å²) in [5, 5.41) is 13.7. The van der Waals surface area contributed by atoms with Crippen LogP contribution < -0.4 is 27.0 Å². The van der Waals surface area contributed by atoms with E-state index in [0.29, 0.717) is 0 Å². The van der Waals surface area contributed by atoms with Crippen LogP contribution in [0.25, 0.3) is 0 Å². The van der Waals surface area contributed by atoms with Crippen LogP contribution in [0.4, 0.5) is 0 Å². The number of carbonyl (C=O) groups excluding carboxylic acids is 4. The number of rotatable bonds is 19. The molecule has 1 aromatic carbocycles. The fourth-order valence-corrected chi connectivity index (χ4v) is 12.6. The minimum Gasteiger partial charge on any atom is -0.478 e. The molecule has 4 amide bonds. The lowest BCUT2D eigenvalue weighted by molar-refractivity contribution is -0.133. The largest absolute Gasteiger partial charge is 0.478 e. The van der Waals surface area contributed by atoms with E-state index in [1.165, 1.54) is 12.2 Å². The molecule has 31 heteroatoms. The molecule has 6 unspecified atom stereocenters. The predicted molar refractivity (Wildman–Crippen MR) is 247 cm³/mol. The van der Waals surface area contributed by atoms with Gasteiger partial charge in [-0.25, -0.2) is 4.79 Å². The van der Waals surface area contributed by atoms with Crippen molar-refractivity contribution in [2.24, 2.45) is 23.5 Å². The van der Waals surface area contributed by atoms with E-state index in [9.17, 15) is 93.9 Å². The van der Waals surface area contributed by atoms with Gasteiger partial charge in [0.15, 0.2) is 0 Å². The molecule has 0 radical (unpaired) electrons. The van der Waals surface area contributed by atoms with Crippen molar-refractivity contribution in [3.05, 3.63) is 111 Å². The maximum atomic E-state index is 13.3. The average molecular weight is 1090 g/mol. The SMILES string of the molecule is NCC1=CC=C(C(=O)NCC2CCC(C(=O)NCc3ccc(C(=O)NCC4C=CC(C(=O)NCC5=CC=C(C(=O)O)CC5S(=O)(=O)O)=CC4S(=O)(=O)O)cc3S(=O)(=O)O)C=C2S(=O)(=O)O)CC1S(=O)(=O)O. The normalized spacial score (nSPS) is 23.1. The van der Waals surface area contributed by atoms with E-state index in [0.717, 1.165) is 54.7 Å². The third-order valence-electron chi connectivity index (χ3n) is 11.8. The molecule has 26 nitrogen and oxygen atoms in total. The van der Waals surface area contributed by atoms with Gasteiger partial charge in [-0.05, 0) is 41.7 Å². The Labute approximate surface area is 406 Å². The second-order valence-electron chi connectivity index (χ2n) is 16.5. The van der Waals surface area contributed by atoms with Gasteiger partial charge in [0.1, 0.15) is 15.7 Å². The summed E-state index contributed by atoms with van der Waals surface area (Å²) < 4.78 is 171. The number of carboxylic acids is 1. The number of hydrogen-bond donors (Lipinski definition) is 11. The first-order chi connectivity index (χ1) is 32.8. The average Bonchev–Trinajstić information content (AvgIpc) is 3.28. The summed E-state index contributed by atoms with van der Waals surface area (Å²) >= 11 is 0. The van der Waals surface area contributed by atoms with Gasteiger partial charge in [0.2, 0.25) is 11.8 Å². The van der Waals surface area contributed by atoms with Crippen molar-refractivity contribution < 1.29 is 93.9 Å². The van der Waals surface area contributed by atoms with Crippen LogP contribution in [-0.4, -0.2) is 141 Å². The highest BCUT2D eigenvalue weighted by atomic mass is 32.2. The molecule has 0 saturated carbocycles. The summed E-state index contributed by atoms with van der Waals surface area (Å²) in [7, 11) is -24.6. The zero-order valence-electron chi connectivity index (χ0n) is 36.6. The fraction of sp³-hybridized carbons (Fsp3) is 0.375. The molecular weight excluding hydrogens is 1050 g/mol. The van der Waals surface area contributed by atoms with Crippen molar-refractivity contribution in [2.45, 2.75) is 52.9 Å². The molecule has 4 aliphatic rings. The van der Waals surface area contributed by atoms with Crippen molar-refractivity contribution in [3.8, 4) is 0 Å². The van der Waals surface area contributed by atoms with Gasteiger partial charge in [0.25, 0.3) is 62.4 Å². The maximum Gasteiger partial charge on any atom is 0.331 e. The molecule has 0 aliphatic heterocycles. The Hall–Kier alpha value is -5.74. The van der Waals surface area contributed by atoms with Crippen LogP contribution in [0, 0.1) is 17.8 Å². The second-order valence-corrected chi connectivity index (χ2v) is 24.0. The molecule has 6 atom stereocenters. The molecule has 0 heterocycles. The van der Waals surface area contributed by atoms with Crippen molar-refractivity contribution in [1.82, 2.24) is 21.3 Å². The number of benzene rings is 1. The third-order valence-corrected chi connectivity index (χ3v) is 17.4. The minimum absolute atomic E-state index is 0.0561. The van der Waals surface area contributed by atoms with Gasteiger partial charge in [-0.15, -0.1) is 0 Å². The number of amides is 4. The molecular formula is C40H47N5O21S5. The van der Waals surface area contributed by atoms with Crippen LogP contribution in [-0.2, 0) is 76.3 Å². The summed E-state index contributed by atoms with van der Waals surface area (Å²) in [4.78, 5) is 62.2. The van der Waals surface area contributed by atoms with Gasteiger partial charge >= 0.3 is 5.97 Å². The number of carbonyl (C=O) groups is 5. The van der Waals surface area contributed by atoms with E-state index in [2.05, 4.69) is 21.3 Å². The molecule has 388 valence electrons. The number of nitrogens with two attached hydrogens (primary N) is 1. The van der Waals surface area contributed by atoms with E-state index >= 15 is 0 Å². The number of hydrogen-bond acceptors (Lipinski definition) is 16. The predicted octanol–water partition coefficient (Wildman–Crippen LogP) is -1.25. The third kappa shape index (κ3) is 14.5. The zero-order chi connectivity index (χ0) is 53.0. The van der Waals surface area contributed by atoms with Gasteiger partial charge in [-0.2, -0.15) is 42.1 Å². The Balaban J connectivity index is 1.21. The van der Waals surface area contributed by atoms with Gasteiger partial charge in [0, 0.05) is 79.7 Å². The van der Waals surface area contributed by atoms with Crippen molar-refractivity contribution in [1.29, 1.82) is 0 Å². The lowest BCUT2D eigenvalue weighted by atomic mass is 9.87. The van der Waals surface area contributed by atoms with Gasteiger partial charge < -0.3 is 32.1 Å². The summed E-state index contributed by atoms with van der Waals surface area (Å²) in [6.45, 7) is -2.32. The van der Waals surface area contributed by atoms with Crippen molar-refractivity contribution in [2.75, 3.05) is 26.2 Å². The molecule has 1 aromatic rings. The quantitative estimate of drug-likeness (QED) is 0.0721. The van der Waals surface area contributed by atoms with Gasteiger partial charge in [-0.3, -0.25) is 41.9 Å². The first-order valence-corrected chi connectivity index (χ1v) is 28.1. The van der Waals surface area contributed by atoms with Crippen LogP contribution in [0.3, 0.4) is 0 Å². The topological polar surface area (TPSA) is 452 Å². The molecule has 4 aliphatic carbocycles. The first kappa shape index (κ1) is 56.2. The van der Waals surface area contributed by atoms with Crippen molar-refractivity contribution >= 4 is 80.2 Å². The monoisotopic (exact) mass is 1090 g/mol. The highest BCUT2D eigenvalue weighted by molar-refractivity contribution is 7.89. The summed E-state index contributed by atoms with van der Waals surface area (Å²) in [6.07, 6.45) is 7.55. The molecule has 5 rings (SSSR count). The minimum atomic E-state index is -5.13. The summed E-state index contributed by atoms with van der Waals surface area (Å²) in [6, 6.07) is 2.85. The smallest absolute Gasteiger partial charge is 0.331 e. The van der Waals surface area contributed by atoms with E-state index < -0.39 is 168 Å².